The molecule has 0 radical (unpaired) electrons. The molecule has 0 fully saturated rings. The molecule has 0 aromatic rings. The first-order valence-electron chi connectivity index (χ1n) is 4.38. The number of amides is 1. The fourth-order valence-corrected chi connectivity index (χ4v) is 1.35. The number of carbonyl (C=O) groups excluding carboxylic acids is 1. The van der Waals surface area contributed by atoms with Crippen LogP contribution in [-0.2, 0) is 4.79 Å². The molecule has 12 heavy (non-hydrogen) atoms. The van der Waals surface area contributed by atoms with Gasteiger partial charge < -0.3 is 5.32 Å². The molecule has 0 aliphatic carbocycles. The van der Waals surface area contributed by atoms with E-state index < -0.39 is 0 Å². The summed E-state index contributed by atoms with van der Waals surface area (Å²) in [4.78, 5) is 10.5. The largest absolute Gasteiger partial charge is 0.356 e. The summed E-state index contributed by atoms with van der Waals surface area (Å²) in [6.07, 6.45) is 3.14. The Bertz CT molecular complexity index is 147. The van der Waals surface area contributed by atoms with Gasteiger partial charge in [-0.1, -0.05) is 25.6 Å². The highest BCUT2D eigenvalue weighted by Crippen LogP contribution is 2.10. The summed E-state index contributed by atoms with van der Waals surface area (Å²) in [6.45, 7) is 4.47. The van der Waals surface area contributed by atoms with Gasteiger partial charge in [-0.2, -0.15) is 0 Å². The summed E-state index contributed by atoms with van der Waals surface area (Å²) in [6, 6.07) is 0. The van der Waals surface area contributed by atoms with E-state index in [9.17, 15) is 4.79 Å². The molecule has 1 amide bonds. The second-order valence-corrected chi connectivity index (χ2v) is 3.28. The van der Waals surface area contributed by atoms with Crippen LogP contribution in [0.1, 0.15) is 33.1 Å². The Hall–Kier alpha value is -0.440. The van der Waals surface area contributed by atoms with Crippen molar-refractivity contribution >= 4 is 23.5 Å². The Morgan fingerprint density at radius 1 is 1.67 bits per heavy atom. The Balaban J connectivity index is 3.43. The number of thiocarbonyl (C=S) groups is 1. The first-order chi connectivity index (χ1) is 5.70. The van der Waals surface area contributed by atoms with E-state index >= 15 is 0 Å². The Labute approximate surface area is 79.7 Å². The number of rotatable bonds is 6. The van der Waals surface area contributed by atoms with Crippen LogP contribution in [0.4, 0.5) is 0 Å². The van der Waals surface area contributed by atoms with Crippen molar-refractivity contribution in [3.63, 3.8) is 0 Å². The summed E-state index contributed by atoms with van der Waals surface area (Å²) >= 11 is 4.78. The van der Waals surface area contributed by atoms with Crippen molar-refractivity contribution in [2.45, 2.75) is 33.1 Å². The molecule has 0 saturated heterocycles. The van der Waals surface area contributed by atoms with Gasteiger partial charge in [-0.3, -0.25) is 4.79 Å². The van der Waals surface area contributed by atoms with Gasteiger partial charge in [0.05, 0.1) is 0 Å². The minimum atomic E-state index is 0.0483. The molecule has 0 rings (SSSR count). The third kappa shape index (κ3) is 6.28. The molecule has 0 aromatic carbocycles. The van der Waals surface area contributed by atoms with Crippen LogP contribution in [0.15, 0.2) is 0 Å². The smallest absolute Gasteiger partial charge is 0.216 e. The average molecular weight is 187 g/mol. The SMILES string of the molecule is CCC(CC=S)CCNC(C)=O. The van der Waals surface area contributed by atoms with E-state index in [1.165, 1.54) is 0 Å². The van der Waals surface area contributed by atoms with Crippen molar-refractivity contribution in [3.05, 3.63) is 0 Å². The summed E-state index contributed by atoms with van der Waals surface area (Å²) in [7, 11) is 0. The molecule has 1 atom stereocenters. The van der Waals surface area contributed by atoms with E-state index in [1.54, 1.807) is 12.3 Å². The van der Waals surface area contributed by atoms with Crippen LogP contribution in [0.5, 0.6) is 0 Å². The molecule has 1 unspecified atom stereocenters. The van der Waals surface area contributed by atoms with Gasteiger partial charge in [0.2, 0.25) is 5.91 Å². The lowest BCUT2D eigenvalue weighted by Gasteiger charge is -2.11. The van der Waals surface area contributed by atoms with Crippen LogP contribution >= 0.6 is 12.2 Å². The molecule has 0 heterocycles. The van der Waals surface area contributed by atoms with Crippen LogP contribution in [0.25, 0.3) is 0 Å². The molecule has 0 aliphatic rings. The topological polar surface area (TPSA) is 29.1 Å². The Morgan fingerprint density at radius 3 is 2.75 bits per heavy atom. The third-order valence-corrected chi connectivity index (χ3v) is 2.13. The third-order valence-electron chi connectivity index (χ3n) is 1.93. The first-order valence-corrected chi connectivity index (χ1v) is 4.85. The molecule has 70 valence electrons. The predicted molar refractivity (Wildman–Crippen MR) is 55.4 cm³/mol. The molecule has 0 bridgehead atoms. The lowest BCUT2D eigenvalue weighted by atomic mass is 10.00. The zero-order valence-corrected chi connectivity index (χ0v) is 8.62. The molecule has 0 aliphatic heterocycles. The standard InChI is InChI=1S/C9H17NOS/c1-3-9(5-7-12)4-6-10-8(2)11/h7,9H,3-6H2,1-2H3,(H,10,11). The van der Waals surface area contributed by atoms with Gasteiger partial charge in [0, 0.05) is 13.5 Å². The number of hydrogen-bond acceptors (Lipinski definition) is 2. The molecular formula is C9H17NOS. The van der Waals surface area contributed by atoms with Gasteiger partial charge in [0.15, 0.2) is 0 Å². The van der Waals surface area contributed by atoms with E-state index in [-0.39, 0.29) is 5.91 Å². The van der Waals surface area contributed by atoms with Gasteiger partial charge in [-0.05, 0) is 24.1 Å². The van der Waals surface area contributed by atoms with Gasteiger partial charge >= 0.3 is 0 Å². The van der Waals surface area contributed by atoms with Crippen molar-refractivity contribution in [3.8, 4) is 0 Å². The van der Waals surface area contributed by atoms with Gasteiger partial charge in [0.25, 0.3) is 0 Å². The maximum absolute atomic E-state index is 10.5. The fourth-order valence-electron chi connectivity index (χ4n) is 1.08. The van der Waals surface area contributed by atoms with Crippen LogP contribution in [0.2, 0.25) is 0 Å². The van der Waals surface area contributed by atoms with Crippen molar-refractivity contribution < 1.29 is 4.79 Å². The highest BCUT2D eigenvalue weighted by molar-refractivity contribution is 7.78. The number of carbonyl (C=O) groups is 1. The number of hydrogen-bond donors (Lipinski definition) is 1. The second-order valence-electron chi connectivity index (χ2n) is 2.95. The van der Waals surface area contributed by atoms with Crippen LogP contribution in [0, 0.1) is 5.92 Å². The Morgan fingerprint density at radius 2 is 2.33 bits per heavy atom. The lowest BCUT2D eigenvalue weighted by Crippen LogP contribution is -2.22. The molecule has 3 heteroatoms. The van der Waals surface area contributed by atoms with Crippen molar-refractivity contribution in [2.24, 2.45) is 5.92 Å². The highest BCUT2D eigenvalue weighted by Gasteiger charge is 2.03. The minimum Gasteiger partial charge on any atom is -0.356 e. The summed E-state index contributed by atoms with van der Waals surface area (Å²) in [5, 5.41) is 4.56. The lowest BCUT2D eigenvalue weighted by molar-refractivity contribution is -0.118. The van der Waals surface area contributed by atoms with E-state index in [4.69, 9.17) is 12.2 Å². The van der Waals surface area contributed by atoms with E-state index in [0.717, 1.165) is 25.8 Å². The fraction of sp³-hybridized carbons (Fsp3) is 0.778. The monoisotopic (exact) mass is 187 g/mol. The van der Waals surface area contributed by atoms with Gasteiger partial charge in [0.1, 0.15) is 0 Å². The molecule has 1 N–H and O–H groups in total. The Kier molecular flexibility index (Phi) is 6.96. The predicted octanol–water partition coefficient (Wildman–Crippen LogP) is 1.93. The van der Waals surface area contributed by atoms with Crippen LogP contribution < -0.4 is 5.32 Å². The maximum atomic E-state index is 10.5. The normalized spacial score (nSPS) is 12.2. The van der Waals surface area contributed by atoms with E-state index in [2.05, 4.69) is 12.2 Å². The first kappa shape index (κ1) is 11.6. The quantitative estimate of drug-likeness (QED) is 0.644. The van der Waals surface area contributed by atoms with Gasteiger partial charge in [-0.25, -0.2) is 0 Å². The molecule has 0 aromatic heterocycles. The zero-order valence-electron chi connectivity index (χ0n) is 7.80. The van der Waals surface area contributed by atoms with Crippen molar-refractivity contribution in [1.82, 2.24) is 5.32 Å². The molecular weight excluding hydrogens is 170 g/mol. The maximum Gasteiger partial charge on any atom is 0.216 e. The number of nitrogens with one attached hydrogen (secondary N) is 1. The summed E-state index contributed by atoms with van der Waals surface area (Å²) in [5.41, 5.74) is 0. The molecule has 2 nitrogen and oxygen atoms in total. The van der Waals surface area contributed by atoms with Gasteiger partial charge in [-0.15, -0.1) is 0 Å². The average Bonchev–Trinajstić information content (AvgIpc) is 2.02. The van der Waals surface area contributed by atoms with Crippen molar-refractivity contribution in [1.29, 1.82) is 0 Å². The summed E-state index contributed by atoms with van der Waals surface area (Å²) < 4.78 is 0. The minimum absolute atomic E-state index is 0.0483. The van der Waals surface area contributed by atoms with Crippen molar-refractivity contribution in [2.75, 3.05) is 6.54 Å². The molecule has 0 spiro atoms. The van der Waals surface area contributed by atoms with E-state index in [0.29, 0.717) is 5.92 Å². The second kappa shape index (κ2) is 7.22. The molecule has 0 saturated carbocycles. The van der Waals surface area contributed by atoms with Crippen LogP contribution in [0.3, 0.4) is 0 Å². The summed E-state index contributed by atoms with van der Waals surface area (Å²) in [5.74, 6) is 0.682. The van der Waals surface area contributed by atoms with E-state index in [1.807, 2.05) is 0 Å². The zero-order chi connectivity index (χ0) is 9.40. The van der Waals surface area contributed by atoms with Crippen LogP contribution in [-0.4, -0.2) is 17.8 Å². The highest BCUT2D eigenvalue weighted by atomic mass is 32.1.